The van der Waals surface area contributed by atoms with Crippen LogP contribution in [0.25, 0.3) is 5.57 Å². The Bertz CT molecular complexity index is 1340. The third kappa shape index (κ3) is 7.48. The van der Waals surface area contributed by atoms with Crippen LogP contribution in [0, 0.1) is 0 Å². The lowest BCUT2D eigenvalue weighted by atomic mass is 10.00. The van der Waals surface area contributed by atoms with Gasteiger partial charge in [-0.3, -0.25) is 9.88 Å². The first kappa shape index (κ1) is 31.2. The number of carbonyl (C=O) groups excluding carboxylic acids is 1. The third-order valence-corrected chi connectivity index (χ3v) is 14.1. The van der Waals surface area contributed by atoms with Crippen LogP contribution in [0.2, 0.25) is 18.1 Å². The Balaban J connectivity index is 1.21. The highest BCUT2D eigenvalue weighted by atomic mass is 28.4. The number of pyridine rings is 1. The number of hydrogen-bond donors (Lipinski definition) is 1. The molecule has 1 fully saturated rings. The van der Waals surface area contributed by atoms with Crippen LogP contribution in [0.3, 0.4) is 0 Å². The van der Waals surface area contributed by atoms with Crippen molar-refractivity contribution in [3.63, 3.8) is 0 Å². The molecule has 4 heterocycles. The molecule has 0 spiro atoms. The number of nitrogens with zero attached hydrogens (tertiary/aromatic N) is 5. The van der Waals surface area contributed by atoms with Crippen molar-refractivity contribution in [1.82, 2.24) is 24.6 Å². The lowest BCUT2D eigenvalue weighted by Gasteiger charge is -2.42. The Morgan fingerprint density at radius 2 is 1.74 bits per heavy atom. The maximum absolute atomic E-state index is 13.6. The van der Waals surface area contributed by atoms with Gasteiger partial charge in [0.25, 0.3) is 0 Å². The molecule has 1 unspecified atom stereocenters. The number of urea groups is 1. The molecule has 2 aromatic rings. The Morgan fingerprint density at radius 3 is 2.40 bits per heavy atom. The van der Waals surface area contributed by atoms with Crippen LogP contribution in [-0.4, -0.2) is 102 Å². The summed E-state index contributed by atoms with van der Waals surface area (Å²) in [5.74, 6) is 0. The molecule has 0 saturated carbocycles. The normalized spacial score (nSPS) is 19.0. The number of fused-ring (bicyclic) bond motifs is 1. The maximum Gasteiger partial charge on any atom is 0.407 e. The zero-order valence-electron chi connectivity index (χ0n) is 26.4. The van der Waals surface area contributed by atoms with Gasteiger partial charge in [0.05, 0.1) is 11.8 Å². The van der Waals surface area contributed by atoms with Crippen LogP contribution in [0.5, 0.6) is 0 Å². The molecule has 1 N–H and O–H groups in total. The van der Waals surface area contributed by atoms with E-state index >= 15 is 0 Å². The number of carboxylic acid groups (broad SMARTS) is 1. The van der Waals surface area contributed by atoms with E-state index in [0.717, 1.165) is 42.9 Å². The molecule has 232 valence electrons. The first-order valence-electron chi connectivity index (χ1n) is 15.5. The van der Waals surface area contributed by atoms with E-state index < -0.39 is 14.4 Å². The van der Waals surface area contributed by atoms with Crippen LogP contribution in [0.1, 0.15) is 49.6 Å². The van der Waals surface area contributed by atoms with E-state index in [9.17, 15) is 14.7 Å². The summed E-state index contributed by atoms with van der Waals surface area (Å²) in [7, 11) is -2.05. The molecule has 1 saturated heterocycles. The second kappa shape index (κ2) is 12.8. The molecule has 9 nitrogen and oxygen atoms in total. The Morgan fingerprint density at radius 1 is 1.00 bits per heavy atom. The summed E-state index contributed by atoms with van der Waals surface area (Å²) in [5.41, 5.74) is 5.76. The number of rotatable bonds is 9. The average Bonchev–Trinajstić information content (AvgIpc) is 3.30. The van der Waals surface area contributed by atoms with Crippen LogP contribution in [-0.2, 0) is 23.9 Å². The Kier molecular flexibility index (Phi) is 9.29. The number of amides is 3. The lowest BCUT2D eigenvalue weighted by Crippen LogP contribution is -2.51. The molecule has 0 bridgehead atoms. The molecular formula is C33H47N5O4Si. The van der Waals surface area contributed by atoms with Crippen LogP contribution >= 0.6 is 0 Å². The molecule has 43 heavy (non-hydrogen) atoms. The molecule has 1 aromatic carbocycles. The largest absolute Gasteiger partial charge is 0.465 e. The van der Waals surface area contributed by atoms with E-state index in [4.69, 9.17) is 4.43 Å². The average molecular weight is 606 g/mol. The van der Waals surface area contributed by atoms with Crippen molar-refractivity contribution in [3.8, 4) is 0 Å². The zero-order chi connectivity index (χ0) is 30.8. The van der Waals surface area contributed by atoms with E-state index in [1.807, 2.05) is 34.2 Å². The van der Waals surface area contributed by atoms with Crippen LogP contribution in [0.15, 0.2) is 48.7 Å². The first-order chi connectivity index (χ1) is 20.4. The van der Waals surface area contributed by atoms with Gasteiger partial charge in [-0.05, 0) is 59.3 Å². The number of carbonyl (C=O) groups is 2. The molecule has 0 aliphatic carbocycles. The molecule has 1 aromatic heterocycles. The molecule has 3 aliphatic rings. The highest BCUT2D eigenvalue weighted by Crippen LogP contribution is 2.38. The van der Waals surface area contributed by atoms with E-state index in [1.165, 1.54) is 16.0 Å². The van der Waals surface area contributed by atoms with Gasteiger partial charge in [-0.1, -0.05) is 57.2 Å². The van der Waals surface area contributed by atoms with Crippen molar-refractivity contribution in [3.05, 3.63) is 71.1 Å². The smallest absolute Gasteiger partial charge is 0.407 e. The van der Waals surface area contributed by atoms with Gasteiger partial charge in [0.15, 0.2) is 8.32 Å². The number of hydrogen-bond acceptors (Lipinski definition) is 5. The SMILES string of the molecule is CC(C)(C)[Si](C)(C)OC(CN1CCc2ccccc2C1)CN1CCN(Cc2ccc(C3=CCN(C(=O)O)CC3)nc2)C1=O. The van der Waals surface area contributed by atoms with Gasteiger partial charge in [-0.15, -0.1) is 0 Å². The van der Waals surface area contributed by atoms with Gasteiger partial charge in [0.2, 0.25) is 0 Å². The molecule has 10 heteroatoms. The lowest BCUT2D eigenvalue weighted by molar-refractivity contribution is 0.0879. The summed E-state index contributed by atoms with van der Waals surface area (Å²) < 4.78 is 6.98. The minimum Gasteiger partial charge on any atom is -0.465 e. The van der Waals surface area contributed by atoms with E-state index in [1.54, 1.807) is 0 Å². The topological polar surface area (TPSA) is 89.5 Å². The fourth-order valence-electron chi connectivity index (χ4n) is 5.92. The summed E-state index contributed by atoms with van der Waals surface area (Å²) >= 11 is 0. The second-order valence-corrected chi connectivity index (χ2v) is 18.4. The molecule has 3 aliphatic heterocycles. The predicted molar refractivity (Wildman–Crippen MR) is 171 cm³/mol. The highest BCUT2D eigenvalue weighted by molar-refractivity contribution is 6.74. The van der Waals surface area contributed by atoms with Gasteiger partial charge in [0, 0.05) is 65.1 Å². The van der Waals surface area contributed by atoms with Gasteiger partial charge in [0.1, 0.15) is 0 Å². The maximum atomic E-state index is 13.6. The summed E-state index contributed by atoms with van der Waals surface area (Å²) in [6, 6.07) is 12.8. The third-order valence-electron chi connectivity index (χ3n) is 9.55. The van der Waals surface area contributed by atoms with Crippen molar-refractivity contribution >= 4 is 26.0 Å². The molecule has 0 radical (unpaired) electrons. The van der Waals surface area contributed by atoms with Gasteiger partial charge >= 0.3 is 12.1 Å². The second-order valence-electron chi connectivity index (χ2n) is 13.7. The Hall–Kier alpha value is -3.21. The monoisotopic (exact) mass is 605 g/mol. The fraction of sp³-hybridized carbons (Fsp3) is 0.545. The summed E-state index contributed by atoms with van der Waals surface area (Å²) in [6.07, 6.45) is 4.54. The summed E-state index contributed by atoms with van der Waals surface area (Å²) in [6.45, 7) is 17.5. The Labute approximate surface area is 257 Å². The standard InChI is InChI=1S/C33H47N5O4Si/c1-33(2,3)43(4,5)42-29(23-35-15-12-26-8-6-7-9-28(26)22-35)24-38-19-18-37(31(38)39)21-25-10-11-30(34-20-25)27-13-16-36(17-14-27)32(40)41/h6-11,13,20,29H,12,14-19,21-24H2,1-5H3,(H,40,41). The van der Waals surface area contributed by atoms with Crippen LogP contribution in [0.4, 0.5) is 9.59 Å². The molecule has 1 atom stereocenters. The number of aromatic nitrogens is 1. The van der Waals surface area contributed by atoms with E-state index in [0.29, 0.717) is 45.7 Å². The molecule has 5 rings (SSSR count). The van der Waals surface area contributed by atoms with E-state index in [2.05, 4.69) is 68.0 Å². The summed E-state index contributed by atoms with van der Waals surface area (Å²) in [4.78, 5) is 37.2. The van der Waals surface area contributed by atoms with Crippen molar-refractivity contribution in [2.75, 3.05) is 45.8 Å². The predicted octanol–water partition coefficient (Wildman–Crippen LogP) is 5.54. The van der Waals surface area contributed by atoms with Crippen molar-refractivity contribution in [2.45, 2.75) is 70.9 Å². The molecule has 3 amide bonds. The minimum absolute atomic E-state index is 0.0446. The minimum atomic E-state index is -2.05. The van der Waals surface area contributed by atoms with Crippen molar-refractivity contribution in [2.24, 2.45) is 0 Å². The van der Waals surface area contributed by atoms with Gasteiger partial charge < -0.3 is 24.2 Å². The van der Waals surface area contributed by atoms with Gasteiger partial charge in [-0.2, -0.15) is 0 Å². The zero-order valence-corrected chi connectivity index (χ0v) is 27.4. The quantitative estimate of drug-likeness (QED) is 0.378. The highest BCUT2D eigenvalue weighted by Gasteiger charge is 2.41. The van der Waals surface area contributed by atoms with Gasteiger partial charge in [-0.25, -0.2) is 9.59 Å². The van der Waals surface area contributed by atoms with Crippen LogP contribution < -0.4 is 0 Å². The number of benzene rings is 1. The first-order valence-corrected chi connectivity index (χ1v) is 18.4. The summed E-state index contributed by atoms with van der Waals surface area (Å²) in [5, 5.41) is 9.27. The molecular weight excluding hydrogens is 558 g/mol. The fourth-order valence-corrected chi connectivity index (χ4v) is 7.26. The van der Waals surface area contributed by atoms with E-state index in [-0.39, 0.29) is 17.2 Å². The van der Waals surface area contributed by atoms with Crippen molar-refractivity contribution in [1.29, 1.82) is 0 Å². The van der Waals surface area contributed by atoms with Crippen molar-refractivity contribution < 1.29 is 19.1 Å².